The number of pyridine rings is 1. The predicted octanol–water partition coefficient (Wildman–Crippen LogP) is 3.66. The summed E-state index contributed by atoms with van der Waals surface area (Å²) >= 11 is 0. The first-order chi connectivity index (χ1) is 16.0. The zero-order chi connectivity index (χ0) is 23.2. The van der Waals surface area contributed by atoms with Crippen LogP contribution in [-0.4, -0.2) is 45.7 Å². The summed E-state index contributed by atoms with van der Waals surface area (Å²) in [7, 11) is 0. The SMILES string of the molecule is CCNC(=O)c1cccc(/C(N)=C/C(=Nc2cccc(N3CCCC3C)n2)c2ncc[nH]2)c1. The predicted molar refractivity (Wildman–Crippen MR) is 132 cm³/mol. The van der Waals surface area contributed by atoms with Crippen LogP contribution < -0.4 is 16.0 Å². The monoisotopic (exact) mass is 443 g/mol. The van der Waals surface area contributed by atoms with Gasteiger partial charge in [0.05, 0.1) is 0 Å². The molecule has 1 fully saturated rings. The molecule has 1 aliphatic heterocycles. The quantitative estimate of drug-likeness (QED) is 0.483. The van der Waals surface area contributed by atoms with Gasteiger partial charge in [0.15, 0.2) is 11.6 Å². The lowest BCUT2D eigenvalue weighted by Crippen LogP contribution is -2.26. The van der Waals surface area contributed by atoms with Crippen LogP contribution in [0.5, 0.6) is 0 Å². The molecule has 0 aliphatic carbocycles. The zero-order valence-corrected chi connectivity index (χ0v) is 19.0. The molecule has 170 valence electrons. The number of aromatic nitrogens is 3. The van der Waals surface area contributed by atoms with Gasteiger partial charge < -0.3 is 20.9 Å². The van der Waals surface area contributed by atoms with Gasteiger partial charge in [-0.05, 0) is 62.6 Å². The van der Waals surface area contributed by atoms with E-state index in [1.807, 2.05) is 37.3 Å². The maximum absolute atomic E-state index is 12.2. The Hall–Kier alpha value is -3.94. The molecule has 2 aromatic heterocycles. The van der Waals surface area contributed by atoms with Gasteiger partial charge in [-0.25, -0.2) is 15.0 Å². The van der Waals surface area contributed by atoms with Crippen LogP contribution in [0.25, 0.3) is 5.70 Å². The summed E-state index contributed by atoms with van der Waals surface area (Å²) in [6.07, 6.45) is 7.49. The number of amides is 1. The number of imidazole rings is 1. The molecule has 4 rings (SSSR count). The molecule has 0 spiro atoms. The van der Waals surface area contributed by atoms with Gasteiger partial charge in [0.1, 0.15) is 11.5 Å². The second kappa shape index (κ2) is 10.1. The first-order valence-electron chi connectivity index (χ1n) is 11.2. The summed E-state index contributed by atoms with van der Waals surface area (Å²) in [5, 5.41) is 2.81. The first-order valence-corrected chi connectivity index (χ1v) is 11.2. The number of aromatic amines is 1. The average molecular weight is 444 g/mol. The minimum absolute atomic E-state index is 0.135. The van der Waals surface area contributed by atoms with Gasteiger partial charge in [-0.2, -0.15) is 0 Å². The van der Waals surface area contributed by atoms with E-state index in [4.69, 9.17) is 15.7 Å². The Kier molecular flexibility index (Phi) is 6.83. The zero-order valence-electron chi connectivity index (χ0n) is 19.0. The van der Waals surface area contributed by atoms with E-state index in [1.165, 1.54) is 12.8 Å². The molecular formula is C25H29N7O. The van der Waals surface area contributed by atoms with Crippen molar-refractivity contribution >= 4 is 29.0 Å². The van der Waals surface area contributed by atoms with E-state index in [1.54, 1.807) is 30.6 Å². The number of carbonyl (C=O) groups is 1. The summed E-state index contributed by atoms with van der Waals surface area (Å²) < 4.78 is 0. The van der Waals surface area contributed by atoms with Crippen molar-refractivity contribution in [3.05, 3.63) is 77.9 Å². The highest BCUT2D eigenvalue weighted by atomic mass is 16.1. The highest BCUT2D eigenvalue weighted by Crippen LogP contribution is 2.25. The lowest BCUT2D eigenvalue weighted by molar-refractivity contribution is 0.0956. The normalized spacial score (nSPS) is 16.8. The number of hydrogen-bond donors (Lipinski definition) is 3. The van der Waals surface area contributed by atoms with Crippen LogP contribution in [0.3, 0.4) is 0 Å². The highest BCUT2D eigenvalue weighted by Gasteiger charge is 2.21. The minimum Gasteiger partial charge on any atom is -0.398 e. The summed E-state index contributed by atoms with van der Waals surface area (Å²) in [5.41, 5.74) is 8.73. The Bertz CT molecular complexity index is 1170. The van der Waals surface area contributed by atoms with Crippen LogP contribution in [0, 0.1) is 0 Å². The van der Waals surface area contributed by atoms with Gasteiger partial charge in [-0.3, -0.25) is 4.79 Å². The third-order valence-electron chi connectivity index (χ3n) is 5.63. The fraction of sp³-hybridized carbons (Fsp3) is 0.280. The second-order valence-corrected chi connectivity index (χ2v) is 8.01. The fourth-order valence-electron chi connectivity index (χ4n) is 3.92. The lowest BCUT2D eigenvalue weighted by atomic mass is 10.1. The van der Waals surface area contributed by atoms with Gasteiger partial charge in [-0.1, -0.05) is 18.2 Å². The molecule has 3 heterocycles. The first kappa shape index (κ1) is 22.3. The van der Waals surface area contributed by atoms with E-state index in [0.29, 0.717) is 41.2 Å². The van der Waals surface area contributed by atoms with Crippen molar-refractivity contribution in [2.24, 2.45) is 10.7 Å². The number of nitrogens with zero attached hydrogens (tertiary/aromatic N) is 4. The lowest BCUT2D eigenvalue weighted by Gasteiger charge is -2.22. The Morgan fingerprint density at radius 1 is 1.30 bits per heavy atom. The number of rotatable bonds is 7. The number of hydrogen-bond acceptors (Lipinski definition) is 6. The van der Waals surface area contributed by atoms with E-state index >= 15 is 0 Å². The van der Waals surface area contributed by atoms with Crippen molar-refractivity contribution in [1.29, 1.82) is 0 Å². The summed E-state index contributed by atoms with van der Waals surface area (Å²) in [6, 6.07) is 13.5. The molecule has 8 nitrogen and oxygen atoms in total. The van der Waals surface area contributed by atoms with Gasteiger partial charge in [0.25, 0.3) is 5.91 Å². The molecule has 4 N–H and O–H groups in total. The van der Waals surface area contributed by atoms with Gasteiger partial charge >= 0.3 is 0 Å². The smallest absolute Gasteiger partial charge is 0.251 e. The van der Waals surface area contributed by atoms with Crippen molar-refractivity contribution in [1.82, 2.24) is 20.3 Å². The molecule has 1 unspecified atom stereocenters. The van der Waals surface area contributed by atoms with E-state index < -0.39 is 0 Å². The molecule has 0 bridgehead atoms. The average Bonchev–Trinajstić information content (AvgIpc) is 3.51. The Morgan fingerprint density at radius 3 is 2.85 bits per heavy atom. The number of nitrogens with one attached hydrogen (secondary N) is 2. The third kappa shape index (κ3) is 5.28. The minimum atomic E-state index is -0.135. The van der Waals surface area contributed by atoms with Gasteiger partial charge in [0, 0.05) is 42.8 Å². The van der Waals surface area contributed by atoms with Crippen molar-refractivity contribution in [2.45, 2.75) is 32.7 Å². The Balaban J connectivity index is 1.68. The largest absolute Gasteiger partial charge is 0.398 e. The van der Waals surface area contributed by atoms with E-state index in [-0.39, 0.29) is 5.91 Å². The number of H-pyrrole nitrogens is 1. The van der Waals surface area contributed by atoms with Crippen LogP contribution >= 0.6 is 0 Å². The van der Waals surface area contributed by atoms with E-state index in [2.05, 4.69) is 27.1 Å². The maximum Gasteiger partial charge on any atom is 0.251 e. The summed E-state index contributed by atoms with van der Waals surface area (Å²) in [4.78, 5) is 31.5. The summed E-state index contributed by atoms with van der Waals surface area (Å²) in [6.45, 7) is 5.67. The molecule has 8 heteroatoms. The van der Waals surface area contributed by atoms with E-state index in [0.717, 1.165) is 17.9 Å². The molecular weight excluding hydrogens is 414 g/mol. The molecule has 1 saturated heterocycles. The number of carbonyl (C=O) groups excluding carboxylic acids is 1. The van der Waals surface area contributed by atoms with Crippen molar-refractivity contribution < 1.29 is 4.79 Å². The van der Waals surface area contributed by atoms with E-state index in [9.17, 15) is 4.79 Å². The number of anilines is 1. The molecule has 1 amide bonds. The Labute approximate surface area is 193 Å². The summed E-state index contributed by atoms with van der Waals surface area (Å²) in [5.74, 6) is 1.95. The van der Waals surface area contributed by atoms with Crippen molar-refractivity contribution in [2.75, 3.05) is 18.0 Å². The van der Waals surface area contributed by atoms with Crippen molar-refractivity contribution in [3.63, 3.8) is 0 Å². The highest BCUT2D eigenvalue weighted by molar-refractivity contribution is 6.11. The van der Waals surface area contributed by atoms with Crippen molar-refractivity contribution in [3.8, 4) is 0 Å². The molecule has 33 heavy (non-hydrogen) atoms. The maximum atomic E-state index is 12.2. The number of aliphatic imine (C=N–C) groups is 1. The van der Waals surface area contributed by atoms with Crippen LogP contribution in [0.1, 0.15) is 48.4 Å². The molecule has 0 saturated carbocycles. The van der Waals surface area contributed by atoms with Gasteiger partial charge in [-0.15, -0.1) is 0 Å². The Morgan fingerprint density at radius 2 is 2.12 bits per heavy atom. The second-order valence-electron chi connectivity index (χ2n) is 8.01. The topological polar surface area (TPSA) is 112 Å². The third-order valence-corrected chi connectivity index (χ3v) is 5.63. The van der Waals surface area contributed by atoms with Crippen LogP contribution in [-0.2, 0) is 0 Å². The number of nitrogens with two attached hydrogens (primary N) is 1. The number of benzene rings is 1. The molecule has 3 aromatic rings. The van der Waals surface area contributed by atoms with Crippen LogP contribution in [0.4, 0.5) is 11.6 Å². The molecule has 0 radical (unpaired) electrons. The number of allylic oxidation sites excluding steroid dienone is 1. The molecule has 1 atom stereocenters. The van der Waals surface area contributed by atoms with Crippen LogP contribution in [0.2, 0.25) is 0 Å². The van der Waals surface area contributed by atoms with Crippen LogP contribution in [0.15, 0.2) is 65.9 Å². The molecule has 1 aromatic carbocycles. The van der Waals surface area contributed by atoms with Gasteiger partial charge in [0.2, 0.25) is 0 Å². The molecule has 1 aliphatic rings. The standard InChI is InChI=1S/C25H29N7O/c1-3-27-25(33)19-9-4-8-18(15-19)20(26)16-21(24-28-12-13-29-24)30-22-10-5-11-23(31-22)32-14-6-7-17(32)2/h4-5,8-13,15-17H,3,6-7,14,26H2,1-2H3,(H,27,33)(H,28,29)/b20-16-,30-21?. The fourth-order valence-corrected chi connectivity index (χ4v) is 3.92.